The molecule has 14 heavy (non-hydrogen) atoms. The molecule has 0 atom stereocenters. The third-order valence-corrected chi connectivity index (χ3v) is 4.06. The molecule has 1 aromatic heterocycles. The molecule has 3 nitrogen and oxygen atoms in total. The van der Waals surface area contributed by atoms with Crippen LogP contribution in [0.2, 0.25) is 0 Å². The van der Waals surface area contributed by atoms with Crippen LogP contribution in [0.1, 0.15) is 29.4 Å². The highest BCUT2D eigenvalue weighted by molar-refractivity contribution is 8.13. The number of carbonyl (C=O) groups is 1. The van der Waals surface area contributed by atoms with Crippen LogP contribution < -0.4 is 0 Å². The summed E-state index contributed by atoms with van der Waals surface area (Å²) in [4.78, 5) is 11.8. The van der Waals surface area contributed by atoms with E-state index in [9.17, 15) is 13.2 Å². The van der Waals surface area contributed by atoms with Crippen LogP contribution in [0.4, 0.5) is 0 Å². The zero-order chi connectivity index (χ0) is 10.8. The summed E-state index contributed by atoms with van der Waals surface area (Å²) in [6.45, 7) is 1.89. The van der Waals surface area contributed by atoms with Crippen molar-refractivity contribution in [3.8, 4) is 0 Å². The van der Waals surface area contributed by atoms with Crippen molar-refractivity contribution in [3.63, 3.8) is 0 Å². The molecule has 0 saturated carbocycles. The predicted molar refractivity (Wildman–Crippen MR) is 56.6 cm³/mol. The average Bonchev–Trinajstić information content (AvgIpc) is 2.51. The topological polar surface area (TPSA) is 51.2 Å². The van der Waals surface area contributed by atoms with Gasteiger partial charge in [-0.15, -0.1) is 11.3 Å². The fourth-order valence-corrected chi connectivity index (χ4v) is 3.08. The second-order valence-corrected chi connectivity index (χ2v) is 6.23. The smallest absolute Gasteiger partial charge is 0.262 e. The zero-order valence-electron chi connectivity index (χ0n) is 7.49. The van der Waals surface area contributed by atoms with Gasteiger partial charge in [-0.05, 0) is 12.5 Å². The van der Waals surface area contributed by atoms with Gasteiger partial charge in [-0.3, -0.25) is 4.79 Å². The van der Waals surface area contributed by atoms with E-state index in [1.165, 1.54) is 11.4 Å². The van der Waals surface area contributed by atoms with Crippen LogP contribution in [0.15, 0.2) is 16.3 Å². The Kier molecular flexibility index (Phi) is 3.69. The fourth-order valence-electron chi connectivity index (χ4n) is 0.943. The second-order valence-electron chi connectivity index (χ2n) is 2.76. The van der Waals surface area contributed by atoms with Crippen molar-refractivity contribution < 1.29 is 13.2 Å². The van der Waals surface area contributed by atoms with Gasteiger partial charge in [0, 0.05) is 22.5 Å². The minimum Gasteiger partial charge on any atom is -0.293 e. The Bertz CT molecular complexity index is 433. The summed E-state index contributed by atoms with van der Waals surface area (Å²) in [7, 11) is 1.42. The number of hydrogen-bond donors (Lipinski definition) is 0. The summed E-state index contributed by atoms with van der Waals surface area (Å²) < 4.78 is 21.8. The summed E-state index contributed by atoms with van der Waals surface area (Å²) >= 11 is 1.11. The molecule has 0 aromatic carbocycles. The Labute approximate surface area is 91.1 Å². The zero-order valence-corrected chi connectivity index (χ0v) is 9.88. The van der Waals surface area contributed by atoms with Crippen molar-refractivity contribution in [2.75, 3.05) is 0 Å². The normalized spacial score (nSPS) is 11.6. The molecule has 0 spiro atoms. The van der Waals surface area contributed by atoms with Crippen molar-refractivity contribution in [2.45, 2.75) is 24.7 Å². The molecule has 0 unspecified atom stereocenters. The van der Waals surface area contributed by atoms with E-state index < -0.39 is 9.05 Å². The lowest BCUT2D eigenvalue weighted by Crippen LogP contribution is -1.94. The van der Waals surface area contributed by atoms with Gasteiger partial charge in [0.25, 0.3) is 9.05 Å². The van der Waals surface area contributed by atoms with E-state index in [0.717, 1.165) is 17.8 Å². The molecule has 0 radical (unpaired) electrons. The van der Waals surface area contributed by atoms with Crippen LogP contribution in [0, 0.1) is 0 Å². The fraction of sp³-hybridized carbons (Fsp3) is 0.375. The molecule has 0 aliphatic rings. The van der Waals surface area contributed by atoms with Gasteiger partial charge in [-0.2, -0.15) is 0 Å². The third kappa shape index (κ3) is 2.80. The molecule has 1 rings (SSSR count). The molecular formula is C8H9ClO3S2. The van der Waals surface area contributed by atoms with Gasteiger partial charge >= 0.3 is 0 Å². The maximum atomic E-state index is 11.4. The summed E-state index contributed by atoms with van der Waals surface area (Å²) in [6.07, 6.45) is 1.18. The van der Waals surface area contributed by atoms with Gasteiger partial charge in [0.2, 0.25) is 0 Å². The van der Waals surface area contributed by atoms with Crippen LogP contribution in [0.25, 0.3) is 0 Å². The summed E-state index contributed by atoms with van der Waals surface area (Å²) in [5.41, 5.74) is 0. The summed E-state index contributed by atoms with van der Waals surface area (Å²) in [5.74, 6) is -0.0379. The SMILES string of the molecule is CCCC(=O)c1cc(S(=O)(=O)Cl)cs1. The van der Waals surface area contributed by atoms with Crippen molar-refractivity contribution in [2.24, 2.45) is 0 Å². The van der Waals surface area contributed by atoms with E-state index in [4.69, 9.17) is 10.7 Å². The Hall–Kier alpha value is -0.390. The third-order valence-electron chi connectivity index (χ3n) is 1.61. The van der Waals surface area contributed by atoms with E-state index in [0.29, 0.717) is 11.3 Å². The number of halogens is 1. The molecule has 1 aromatic rings. The number of carbonyl (C=O) groups excluding carboxylic acids is 1. The lowest BCUT2D eigenvalue weighted by molar-refractivity contribution is 0.0985. The van der Waals surface area contributed by atoms with Gasteiger partial charge < -0.3 is 0 Å². The first-order chi connectivity index (χ1) is 6.45. The highest BCUT2D eigenvalue weighted by Gasteiger charge is 2.15. The molecule has 0 amide bonds. The summed E-state index contributed by atoms with van der Waals surface area (Å²) in [6, 6.07) is 1.32. The van der Waals surface area contributed by atoms with Crippen LogP contribution in [0.5, 0.6) is 0 Å². The van der Waals surface area contributed by atoms with E-state index in [-0.39, 0.29) is 10.7 Å². The van der Waals surface area contributed by atoms with Gasteiger partial charge in [-0.1, -0.05) is 6.92 Å². The summed E-state index contributed by atoms with van der Waals surface area (Å²) in [5, 5.41) is 1.38. The number of thiophene rings is 1. The van der Waals surface area contributed by atoms with Crippen molar-refractivity contribution >= 4 is 36.9 Å². The Balaban J connectivity index is 2.94. The molecule has 0 N–H and O–H groups in total. The molecule has 0 bridgehead atoms. The van der Waals surface area contributed by atoms with Gasteiger partial charge in [-0.25, -0.2) is 8.42 Å². The van der Waals surface area contributed by atoms with Gasteiger partial charge in [0.15, 0.2) is 5.78 Å². The Morgan fingerprint density at radius 1 is 1.57 bits per heavy atom. The largest absolute Gasteiger partial charge is 0.293 e. The predicted octanol–water partition coefficient (Wildman–Crippen LogP) is 2.66. The molecule has 1 heterocycles. The lowest BCUT2D eigenvalue weighted by Gasteiger charge is -1.91. The molecule has 0 saturated heterocycles. The molecule has 0 fully saturated rings. The monoisotopic (exact) mass is 252 g/mol. The van der Waals surface area contributed by atoms with Crippen LogP contribution >= 0.6 is 22.0 Å². The van der Waals surface area contributed by atoms with Gasteiger partial charge in [0.05, 0.1) is 9.77 Å². The van der Waals surface area contributed by atoms with Crippen LogP contribution in [-0.2, 0) is 9.05 Å². The Morgan fingerprint density at radius 2 is 2.21 bits per heavy atom. The highest BCUT2D eigenvalue weighted by Crippen LogP contribution is 2.23. The van der Waals surface area contributed by atoms with Crippen molar-refractivity contribution in [1.82, 2.24) is 0 Å². The first-order valence-corrected chi connectivity index (χ1v) is 7.20. The lowest BCUT2D eigenvalue weighted by atomic mass is 10.2. The molecule has 0 aliphatic heterocycles. The van der Waals surface area contributed by atoms with E-state index in [1.54, 1.807) is 0 Å². The number of rotatable bonds is 4. The first kappa shape index (κ1) is 11.7. The first-order valence-electron chi connectivity index (χ1n) is 4.01. The molecule has 6 heteroatoms. The minimum atomic E-state index is -3.70. The molecular weight excluding hydrogens is 244 g/mol. The number of ketones is 1. The average molecular weight is 253 g/mol. The highest BCUT2D eigenvalue weighted by atomic mass is 35.7. The second kappa shape index (κ2) is 4.42. The maximum Gasteiger partial charge on any atom is 0.262 e. The van der Waals surface area contributed by atoms with Crippen molar-refractivity contribution in [3.05, 3.63) is 16.3 Å². The van der Waals surface area contributed by atoms with E-state index >= 15 is 0 Å². The van der Waals surface area contributed by atoms with Crippen LogP contribution in [0.3, 0.4) is 0 Å². The van der Waals surface area contributed by atoms with Crippen LogP contribution in [-0.4, -0.2) is 14.2 Å². The number of hydrogen-bond acceptors (Lipinski definition) is 4. The van der Waals surface area contributed by atoms with Crippen molar-refractivity contribution in [1.29, 1.82) is 0 Å². The molecule has 78 valence electrons. The van der Waals surface area contributed by atoms with E-state index in [1.807, 2.05) is 6.92 Å². The quantitative estimate of drug-likeness (QED) is 0.612. The van der Waals surface area contributed by atoms with E-state index in [2.05, 4.69) is 0 Å². The molecule has 0 aliphatic carbocycles. The Morgan fingerprint density at radius 3 is 2.64 bits per heavy atom. The minimum absolute atomic E-state index is 0.00335. The standard InChI is InChI=1S/C8H9ClO3S2/c1-2-3-7(10)8-4-6(5-13-8)14(9,11)12/h4-5H,2-3H2,1H3. The number of Topliss-reactive ketones (excluding diaryl/α,β-unsaturated/α-hetero) is 1. The maximum absolute atomic E-state index is 11.4. The van der Waals surface area contributed by atoms with Gasteiger partial charge in [0.1, 0.15) is 0 Å².